The average Bonchev–Trinajstić information content (AvgIpc) is 3.64. The van der Waals surface area contributed by atoms with Crippen LogP contribution in [0.3, 0.4) is 0 Å². The van der Waals surface area contributed by atoms with Gasteiger partial charge < -0.3 is 19.9 Å². The monoisotopic (exact) mass is 600 g/mol. The molecule has 7 rings (SSSR count). The van der Waals surface area contributed by atoms with Gasteiger partial charge in [-0.05, 0) is 71.5 Å². The van der Waals surface area contributed by atoms with E-state index >= 15 is 4.39 Å². The van der Waals surface area contributed by atoms with Gasteiger partial charge >= 0.3 is 0 Å². The molecule has 42 heavy (non-hydrogen) atoms. The fourth-order valence-corrected chi connectivity index (χ4v) is 9.05. The Bertz CT molecular complexity index is 1210. The third-order valence-electron chi connectivity index (χ3n) is 10.9. The van der Waals surface area contributed by atoms with Crippen molar-refractivity contribution in [2.24, 2.45) is 5.92 Å². The van der Waals surface area contributed by atoms with E-state index in [2.05, 4.69) is 37.0 Å². The van der Waals surface area contributed by atoms with E-state index in [1.807, 2.05) is 0 Å². The molecule has 1 N–H and O–H groups in total. The number of morpholine rings is 1. The van der Waals surface area contributed by atoms with Crippen LogP contribution in [0.2, 0.25) is 0 Å². The third kappa shape index (κ3) is 5.16. The van der Waals surface area contributed by atoms with Crippen LogP contribution in [0, 0.1) is 5.92 Å². The number of likely N-dealkylation sites (tertiary alicyclic amines) is 2. The van der Waals surface area contributed by atoms with E-state index in [0.29, 0.717) is 19.1 Å². The number of halogens is 2. The molecule has 10 unspecified atom stereocenters. The Morgan fingerprint density at radius 3 is 2.83 bits per heavy atom. The smallest absolute Gasteiger partial charge is 0.256 e. The molecule has 11 heteroatoms. The molecule has 2 aliphatic carbocycles. The van der Waals surface area contributed by atoms with Crippen LogP contribution in [0.5, 0.6) is 0 Å². The maximum atomic E-state index is 16.3. The Morgan fingerprint density at radius 2 is 2.05 bits per heavy atom. The SMILES string of the molecule is CN1CCCC1CCNC(=O)C1=CN2C3CC(Cl)CCC3OC3C(N4CCC(c5cnccn5)C4)C(F)CC(C1=O)C32. The van der Waals surface area contributed by atoms with E-state index in [1.165, 1.54) is 6.42 Å². The summed E-state index contributed by atoms with van der Waals surface area (Å²) < 4.78 is 23.1. The minimum absolute atomic E-state index is 0.0104. The second-order valence-corrected chi connectivity index (χ2v) is 13.9. The number of amides is 1. The summed E-state index contributed by atoms with van der Waals surface area (Å²) in [7, 11) is 2.12. The van der Waals surface area contributed by atoms with Gasteiger partial charge in [0.1, 0.15) is 6.17 Å². The number of carbonyl (C=O) groups excluding carboxylic acids is 2. The molecule has 1 aromatic heterocycles. The van der Waals surface area contributed by atoms with Crippen LogP contribution in [0.15, 0.2) is 30.4 Å². The zero-order chi connectivity index (χ0) is 29.0. The van der Waals surface area contributed by atoms with Crippen molar-refractivity contribution in [3.8, 4) is 0 Å². The van der Waals surface area contributed by atoms with Crippen molar-refractivity contribution in [1.82, 2.24) is 30.0 Å². The van der Waals surface area contributed by atoms with Crippen LogP contribution in [0.1, 0.15) is 63.0 Å². The van der Waals surface area contributed by atoms with E-state index in [1.54, 1.807) is 24.8 Å². The standard InChI is InChI=1S/C31H42ClFN6O3/c1-37-11-2-3-20(37)6-8-36-31(41)22-17-39-25-13-19(32)4-5-26(25)42-30-27(39)21(29(22)40)14-23(33)28(30)38-12-7-18(16-38)24-15-34-9-10-35-24/h9-10,15,17-21,23,25-28,30H,2-8,11-14,16H2,1H3,(H,36,41). The maximum Gasteiger partial charge on any atom is 0.256 e. The Morgan fingerprint density at radius 1 is 1.17 bits per heavy atom. The highest BCUT2D eigenvalue weighted by molar-refractivity contribution is 6.21. The van der Waals surface area contributed by atoms with E-state index < -0.39 is 24.2 Å². The van der Waals surface area contributed by atoms with Gasteiger partial charge in [-0.25, -0.2) is 4.39 Å². The van der Waals surface area contributed by atoms with Gasteiger partial charge in [-0.3, -0.25) is 24.5 Å². The molecular formula is C31H42ClFN6O3. The van der Waals surface area contributed by atoms with Crippen molar-refractivity contribution < 1.29 is 18.7 Å². The Kier molecular flexibility index (Phi) is 8.00. The van der Waals surface area contributed by atoms with Crippen molar-refractivity contribution in [2.75, 3.05) is 33.2 Å². The first-order valence-corrected chi connectivity index (χ1v) is 16.3. The topological polar surface area (TPSA) is 90.9 Å². The lowest BCUT2D eigenvalue weighted by Crippen LogP contribution is -2.73. The summed E-state index contributed by atoms with van der Waals surface area (Å²) in [6, 6.07) is -0.339. The van der Waals surface area contributed by atoms with Gasteiger partial charge in [-0.1, -0.05) is 0 Å². The first kappa shape index (κ1) is 28.6. The molecule has 0 spiro atoms. The molecule has 10 atom stereocenters. The Balaban J connectivity index is 1.14. The van der Waals surface area contributed by atoms with E-state index in [4.69, 9.17) is 16.3 Å². The highest BCUT2D eigenvalue weighted by Crippen LogP contribution is 2.48. The molecule has 4 aliphatic heterocycles. The predicted octanol–water partition coefficient (Wildman–Crippen LogP) is 2.66. The van der Waals surface area contributed by atoms with Gasteiger partial charge in [0.05, 0.1) is 41.6 Å². The van der Waals surface area contributed by atoms with E-state index in [9.17, 15) is 9.59 Å². The Labute approximate surface area is 252 Å². The number of hydrogen-bond acceptors (Lipinski definition) is 8. The largest absolute Gasteiger partial charge is 0.369 e. The molecule has 2 saturated carbocycles. The van der Waals surface area contributed by atoms with Gasteiger partial charge in [0.15, 0.2) is 5.78 Å². The van der Waals surface area contributed by atoms with Crippen LogP contribution in [0.4, 0.5) is 4.39 Å². The van der Waals surface area contributed by atoms with Gasteiger partial charge in [0, 0.05) is 61.1 Å². The van der Waals surface area contributed by atoms with Gasteiger partial charge in [0.2, 0.25) is 0 Å². The third-order valence-corrected chi connectivity index (χ3v) is 11.3. The van der Waals surface area contributed by atoms with Crippen LogP contribution in [0.25, 0.3) is 0 Å². The summed E-state index contributed by atoms with van der Waals surface area (Å²) in [5.41, 5.74) is 1.09. The van der Waals surface area contributed by atoms with Crippen molar-refractivity contribution in [1.29, 1.82) is 0 Å². The molecular weight excluding hydrogens is 559 g/mol. The molecule has 3 saturated heterocycles. The lowest BCUT2D eigenvalue weighted by Gasteiger charge is -2.60. The van der Waals surface area contributed by atoms with Gasteiger partial charge in [-0.15, -0.1) is 11.6 Å². The molecule has 0 bridgehead atoms. The number of ketones is 1. The molecule has 0 radical (unpaired) electrons. The number of aromatic nitrogens is 2. The number of carbonyl (C=O) groups is 2. The molecule has 5 fully saturated rings. The fourth-order valence-electron chi connectivity index (χ4n) is 8.74. The minimum Gasteiger partial charge on any atom is -0.369 e. The number of alkyl halides is 2. The molecule has 6 aliphatic rings. The van der Waals surface area contributed by atoms with E-state index in [0.717, 1.165) is 57.3 Å². The van der Waals surface area contributed by atoms with Crippen molar-refractivity contribution in [2.45, 2.75) is 105 Å². The Hall–Kier alpha value is -2.14. The number of hydrogen-bond donors (Lipinski definition) is 1. The van der Waals surface area contributed by atoms with Crippen LogP contribution < -0.4 is 5.32 Å². The molecule has 0 aromatic carbocycles. The number of Topliss-reactive ketones (excluding diaryl/α,β-unsaturated/α-hetero) is 1. The first-order valence-electron chi connectivity index (χ1n) is 15.8. The lowest BCUT2D eigenvalue weighted by atomic mass is 9.69. The molecule has 1 amide bonds. The second-order valence-electron chi connectivity index (χ2n) is 13.2. The lowest BCUT2D eigenvalue weighted by molar-refractivity contribution is -0.209. The van der Waals surface area contributed by atoms with Gasteiger partial charge in [-0.2, -0.15) is 0 Å². The van der Waals surface area contributed by atoms with Crippen molar-refractivity contribution in [3.63, 3.8) is 0 Å². The second kappa shape index (κ2) is 11.7. The summed E-state index contributed by atoms with van der Waals surface area (Å²) in [5.74, 6) is -1.03. The normalized spacial score (nSPS) is 40.4. The summed E-state index contributed by atoms with van der Waals surface area (Å²) in [6.07, 6.45) is 11.6. The van der Waals surface area contributed by atoms with Crippen molar-refractivity contribution in [3.05, 3.63) is 36.1 Å². The van der Waals surface area contributed by atoms with Crippen LogP contribution >= 0.6 is 11.6 Å². The summed E-state index contributed by atoms with van der Waals surface area (Å²) in [5, 5.41) is 3.02. The average molecular weight is 601 g/mol. The predicted molar refractivity (Wildman–Crippen MR) is 156 cm³/mol. The first-order chi connectivity index (χ1) is 20.4. The quantitative estimate of drug-likeness (QED) is 0.394. The number of nitrogens with one attached hydrogen (secondary N) is 1. The molecule has 5 heterocycles. The molecule has 9 nitrogen and oxygen atoms in total. The highest BCUT2D eigenvalue weighted by atomic mass is 35.5. The van der Waals surface area contributed by atoms with Crippen molar-refractivity contribution >= 4 is 23.3 Å². The molecule has 228 valence electrons. The van der Waals surface area contributed by atoms with Crippen LogP contribution in [-0.4, -0.2) is 118 Å². The number of ether oxygens (including phenoxy) is 1. The fraction of sp³-hybridized carbons (Fsp3) is 0.742. The van der Waals surface area contributed by atoms with E-state index in [-0.39, 0.29) is 53.2 Å². The van der Waals surface area contributed by atoms with Gasteiger partial charge in [0.25, 0.3) is 5.91 Å². The molecule has 1 aromatic rings. The number of nitrogens with zero attached hydrogens (tertiary/aromatic N) is 5. The van der Waals surface area contributed by atoms with Crippen LogP contribution in [-0.2, 0) is 14.3 Å². The summed E-state index contributed by atoms with van der Waals surface area (Å²) in [6.45, 7) is 3.03. The maximum absolute atomic E-state index is 16.3. The zero-order valence-corrected chi connectivity index (χ0v) is 25.0. The highest BCUT2D eigenvalue weighted by Gasteiger charge is 2.60. The summed E-state index contributed by atoms with van der Waals surface area (Å²) >= 11 is 6.66. The zero-order valence-electron chi connectivity index (χ0n) is 24.3. The number of fused-ring (bicyclic) bond motifs is 2. The number of rotatable bonds is 6. The minimum atomic E-state index is -1.23. The summed E-state index contributed by atoms with van der Waals surface area (Å²) in [4.78, 5) is 42.8.